The Morgan fingerprint density at radius 1 is 1.18 bits per heavy atom. The number of rotatable bonds is 8. The second-order valence-electron chi connectivity index (χ2n) is 9.63. The van der Waals surface area contributed by atoms with Gasteiger partial charge < -0.3 is 24.1 Å². The Hall–Kier alpha value is -3.29. The molecule has 9 nitrogen and oxygen atoms in total. The van der Waals surface area contributed by atoms with Crippen LogP contribution in [0.1, 0.15) is 37.7 Å². The molecule has 0 radical (unpaired) electrons. The summed E-state index contributed by atoms with van der Waals surface area (Å²) in [6.07, 6.45) is 12.6. The van der Waals surface area contributed by atoms with Crippen LogP contribution in [0.25, 0.3) is 0 Å². The van der Waals surface area contributed by atoms with E-state index in [1.807, 2.05) is 47.3 Å². The predicted octanol–water partition coefficient (Wildman–Crippen LogP) is 5.71. The quantitative estimate of drug-likeness (QED) is 0.155. The third-order valence-corrected chi connectivity index (χ3v) is 7.31. The van der Waals surface area contributed by atoms with E-state index in [0.717, 1.165) is 18.5 Å². The van der Waals surface area contributed by atoms with Crippen molar-refractivity contribution in [3.63, 3.8) is 0 Å². The number of halogens is 2. The lowest BCUT2D eigenvalue weighted by atomic mass is 9.96. The van der Waals surface area contributed by atoms with Crippen LogP contribution in [-0.4, -0.2) is 40.9 Å². The van der Waals surface area contributed by atoms with Crippen molar-refractivity contribution < 1.29 is 14.2 Å². The van der Waals surface area contributed by atoms with Gasteiger partial charge in [-0.15, -0.1) is 0 Å². The fraction of sp³-hybridized carbons (Fsp3) is 0.393. The average Bonchev–Trinajstić information content (AvgIpc) is 3.60. The van der Waals surface area contributed by atoms with Crippen molar-refractivity contribution in [2.24, 2.45) is 4.99 Å². The normalized spacial score (nSPS) is 21.9. The molecule has 2 atom stereocenters. The Morgan fingerprint density at radius 2 is 2.00 bits per heavy atom. The number of benzene rings is 2. The van der Waals surface area contributed by atoms with Crippen LogP contribution in [-0.2, 0) is 21.8 Å². The van der Waals surface area contributed by atoms with Gasteiger partial charge in [0.1, 0.15) is 18.5 Å². The summed E-state index contributed by atoms with van der Waals surface area (Å²) in [6, 6.07) is 13.0. The van der Waals surface area contributed by atoms with Gasteiger partial charge in [0.25, 0.3) is 0 Å². The fourth-order valence-electron chi connectivity index (χ4n) is 4.88. The number of aromatic nitrogens is 2. The van der Waals surface area contributed by atoms with Crippen LogP contribution in [0.15, 0.2) is 66.2 Å². The molecular formula is C28H30Cl2N6O3. The number of guanidine groups is 1. The first kappa shape index (κ1) is 27.3. The summed E-state index contributed by atoms with van der Waals surface area (Å²) in [6.45, 7) is 0.981. The standard InChI is InChI=1S/C28H30Cl2N6O3/c29-20-6-11-25(26(30)14-20)28(17-36-13-12-32-19-36)38-16-24(39-28)15-37-23-9-7-22(8-10-23)35-27(33-18-31)34-21-4-2-1-3-5-21/h6-14,19,21,24H,1-5,15-17H2,(H2,33,34,35)/t24-,28-/m1/s1. The van der Waals surface area contributed by atoms with Crippen LogP contribution in [0.4, 0.5) is 5.69 Å². The lowest BCUT2D eigenvalue weighted by molar-refractivity contribution is -0.189. The smallest absolute Gasteiger partial charge is 0.215 e. The van der Waals surface area contributed by atoms with Crippen molar-refractivity contribution in [2.45, 2.75) is 56.6 Å². The van der Waals surface area contributed by atoms with E-state index in [9.17, 15) is 0 Å². The second kappa shape index (κ2) is 12.7. The van der Waals surface area contributed by atoms with Gasteiger partial charge >= 0.3 is 0 Å². The van der Waals surface area contributed by atoms with Crippen LogP contribution in [0, 0.1) is 11.5 Å². The first-order valence-electron chi connectivity index (χ1n) is 13.0. The molecule has 39 heavy (non-hydrogen) atoms. The summed E-state index contributed by atoms with van der Waals surface area (Å²) in [5.41, 5.74) is 1.49. The molecule has 1 aliphatic heterocycles. The van der Waals surface area contributed by atoms with Crippen molar-refractivity contribution in [3.8, 4) is 11.9 Å². The summed E-state index contributed by atoms with van der Waals surface area (Å²) < 4.78 is 20.6. The SMILES string of the molecule is N#CNC(=NC1CCCCC1)Nc1ccc(OC[C@@H]2CO[C@@](Cn3ccnc3)(c3ccc(Cl)cc3Cl)O2)cc1. The first-order chi connectivity index (χ1) is 19.0. The Bertz CT molecular complexity index is 1310. The molecular weight excluding hydrogens is 539 g/mol. The number of hydrogen-bond acceptors (Lipinski definition) is 6. The summed E-state index contributed by atoms with van der Waals surface area (Å²) >= 11 is 12.7. The Kier molecular flexibility index (Phi) is 8.89. The molecule has 0 amide bonds. The van der Waals surface area contributed by atoms with Crippen molar-refractivity contribution >= 4 is 34.8 Å². The molecule has 2 aromatic carbocycles. The van der Waals surface area contributed by atoms with Gasteiger partial charge in [0.15, 0.2) is 6.19 Å². The number of nitrogens with zero attached hydrogens (tertiary/aromatic N) is 4. The second-order valence-corrected chi connectivity index (χ2v) is 10.5. The first-order valence-corrected chi connectivity index (χ1v) is 13.7. The van der Waals surface area contributed by atoms with Gasteiger partial charge in [-0.25, -0.2) is 9.98 Å². The zero-order valence-electron chi connectivity index (χ0n) is 21.4. The molecule has 204 valence electrons. The number of ether oxygens (including phenoxy) is 3. The summed E-state index contributed by atoms with van der Waals surface area (Å²) in [5, 5.41) is 16.0. The minimum absolute atomic E-state index is 0.238. The van der Waals surface area contributed by atoms with Crippen molar-refractivity contribution in [2.75, 3.05) is 18.5 Å². The molecule has 5 rings (SSSR count). The van der Waals surface area contributed by atoms with Gasteiger partial charge in [-0.05, 0) is 49.2 Å². The summed E-state index contributed by atoms with van der Waals surface area (Å²) in [7, 11) is 0. The van der Waals surface area contributed by atoms with Gasteiger partial charge in [0, 0.05) is 28.7 Å². The minimum Gasteiger partial charge on any atom is -0.491 e. The van der Waals surface area contributed by atoms with Crippen LogP contribution in [0.2, 0.25) is 10.0 Å². The molecule has 2 heterocycles. The highest BCUT2D eigenvalue weighted by Crippen LogP contribution is 2.40. The number of hydrogen-bond donors (Lipinski definition) is 2. The molecule has 1 saturated heterocycles. The van der Waals surface area contributed by atoms with Gasteiger partial charge in [0.05, 0.1) is 30.5 Å². The van der Waals surface area contributed by atoms with Gasteiger partial charge in [-0.1, -0.05) is 48.5 Å². The van der Waals surface area contributed by atoms with E-state index in [2.05, 4.69) is 15.6 Å². The van der Waals surface area contributed by atoms with Crippen LogP contribution in [0.5, 0.6) is 5.75 Å². The minimum atomic E-state index is -1.11. The van der Waals surface area contributed by atoms with Gasteiger partial charge in [0.2, 0.25) is 11.7 Å². The van der Waals surface area contributed by atoms with Crippen molar-refractivity contribution in [3.05, 3.63) is 76.8 Å². The summed E-state index contributed by atoms with van der Waals surface area (Å²) in [4.78, 5) is 8.82. The zero-order chi connectivity index (χ0) is 27.1. The van der Waals surface area contributed by atoms with E-state index in [0.29, 0.717) is 40.5 Å². The maximum atomic E-state index is 9.13. The van der Waals surface area contributed by atoms with Gasteiger partial charge in [-0.3, -0.25) is 5.32 Å². The van der Waals surface area contributed by atoms with Gasteiger partial charge in [-0.2, -0.15) is 5.26 Å². The third-order valence-electron chi connectivity index (χ3n) is 6.76. The van der Waals surface area contributed by atoms with E-state index in [1.54, 1.807) is 24.7 Å². The lowest BCUT2D eigenvalue weighted by Crippen LogP contribution is -2.34. The number of imidazole rings is 1. The van der Waals surface area contributed by atoms with E-state index in [1.165, 1.54) is 19.3 Å². The topological polar surface area (TPSA) is 106 Å². The molecule has 1 aromatic heterocycles. The maximum Gasteiger partial charge on any atom is 0.215 e. The molecule has 11 heteroatoms. The maximum absolute atomic E-state index is 9.13. The van der Waals surface area contributed by atoms with Crippen LogP contribution >= 0.6 is 23.2 Å². The number of nitrogens with one attached hydrogen (secondary N) is 2. The third kappa shape index (κ3) is 7.02. The Labute approximate surface area is 237 Å². The Morgan fingerprint density at radius 3 is 2.72 bits per heavy atom. The fourth-order valence-corrected chi connectivity index (χ4v) is 5.43. The highest BCUT2D eigenvalue weighted by Gasteiger charge is 2.45. The molecule has 2 N–H and O–H groups in total. The lowest BCUT2D eigenvalue weighted by Gasteiger charge is -2.30. The number of aliphatic imine (C=N–C) groups is 1. The van der Waals surface area contributed by atoms with Crippen molar-refractivity contribution in [1.29, 1.82) is 5.26 Å². The van der Waals surface area contributed by atoms with E-state index < -0.39 is 5.79 Å². The van der Waals surface area contributed by atoms with E-state index in [-0.39, 0.29) is 18.8 Å². The highest BCUT2D eigenvalue weighted by molar-refractivity contribution is 6.35. The van der Waals surface area contributed by atoms with Crippen LogP contribution < -0.4 is 15.4 Å². The zero-order valence-corrected chi connectivity index (χ0v) is 22.9. The average molecular weight is 569 g/mol. The monoisotopic (exact) mass is 568 g/mol. The molecule has 0 unspecified atom stereocenters. The van der Waals surface area contributed by atoms with Crippen molar-refractivity contribution in [1.82, 2.24) is 14.9 Å². The summed E-state index contributed by atoms with van der Waals surface area (Å²) in [5.74, 6) is 0.0378. The molecule has 0 bridgehead atoms. The molecule has 2 aliphatic rings. The predicted molar refractivity (Wildman–Crippen MR) is 150 cm³/mol. The molecule has 1 saturated carbocycles. The number of anilines is 1. The molecule has 0 spiro atoms. The number of nitriles is 1. The molecule has 2 fully saturated rings. The van der Waals surface area contributed by atoms with E-state index in [4.69, 9.17) is 47.7 Å². The highest BCUT2D eigenvalue weighted by atomic mass is 35.5. The Balaban J connectivity index is 1.21. The van der Waals surface area contributed by atoms with Crippen LogP contribution in [0.3, 0.4) is 0 Å². The largest absolute Gasteiger partial charge is 0.491 e. The molecule has 3 aromatic rings. The van der Waals surface area contributed by atoms with E-state index >= 15 is 0 Å². The molecule has 1 aliphatic carbocycles.